The van der Waals surface area contributed by atoms with Crippen LogP contribution >= 0.6 is 11.3 Å². The van der Waals surface area contributed by atoms with E-state index in [4.69, 9.17) is 0 Å². The second kappa shape index (κ2) is 7.70. The third kappa shape index (κ3) is 3.94. The van der Waals surface area contributed by atoms with Crippen molar-refractivity contribution < 1.29 is 4.79 Å². The zero-order valence-electron chi connectivity index (χ0n) is 15.6. The molecule has 0 spiro atoms. The van der Waals surface area contributed by atoms with Crippen LogP contribution in [0.4, 0.5) is 5.69 Å². The molecule has 1 amide bonds. The molecule has 0 radical (unpaired) electrons. The standard InChI is InChI=1S/C21H23N3OS/c1-15-19(26-20(22-15)17-8-6-5-7-9-17)21(25)24(4)14-16-10-12-18(13-11-16)23(2)3/h5-13H,14H2,1-4H3. The lowest BCUT2D eigenvalue weighted by molar-refractivity contribution is 0.0789. The molecule has 0 fully saturated rings. The lowest BCUT2D eigenvalue weighted by Crippen LogP contribution is -2.26. The minimum absolute atomic E-state index is 0.0128. The largest absolute Gasteiger partial charge is 0.378 e. The SMILES string of the molecule is Cc1nc(-c2ccccc2)sc1C(=O)N(C)Cc1ccc(N(C)C)cc1. The van der Waals surface area contributed by atoms with E-state index in [9.17, 15) is 4.79 Å². The van der Waals surface area contributed by atoms with Crippen LogP contribution in [0.1, 0.15) is 20.9 Å². The number of benzene rings is 2. The van der Waals surface area contributed by atoms with Crippen LogP contribution in [0, 0.1) is 6.92 Å². The molecule has 134 valence electrons. The van der Waals surface area contributed by atoms with Crippen molar-refractivity contribution in [3.63, 3.8) is 0 Å². The van der Waals surface area contributed by atoms with Crippen LogP contribution in [-0.2, 0) is 6.54 Å². The van der Waals surface area contributed by atoms with Crippen LogP contribution in [0.3, 0.4) is 0 Å². The summed E-state index contributed by atoms with van der Waals surface area (Å²) < 4.78 is 0. The number of carbonyl (C=O) groups excluding carboxylic acids is 1. The van der Waals surface area contributed by atoms with Gasteiger partial charge in [-0.1, -0.05) is 42.5 Å². The highest BCUT2D eigenvalue weighted by Crippen LogP contribution is 2.28. The van der Waals surface area contributed by atoms with Crippen molar-refractivity contribution in [2.24, 2.45) is 0 Å². The Hall–Kier alpha value is -2.66. The summed E-state index contributed by atoms with van der Waals surface area (Å²) in [6, 6.07) is 18.2. The number of carbonyl (C=O) groups is 1. The monoisotopic (exact) mass is 365 g/mol. The minimum Gasteiger partial charge on any atom is -0.378 e. The number of hydrogen-bond acceptors (Lipinski definition) is 4. The van der Waals surface area contributed by atoms with Crippen LogP contribution in [0.5, 0.6) is 0 Å². The second-order valence-corrected chi connectivity index (χ2v) is 7.52. The predicted molar refractivity (Wildman–Crippen MR) is 109 cm³/mol. The Morgan fingerprint density at radius 3 is 2.27 bits per heavy atom. The summed E-state index contributed by atoms with van der Waals surface area (Å²) in [6.45, 7) is 2.47. The number of aromatic nitrogens is 1. The molecule has 4 nitrogen and oxygen atoms in total. The summed E-state index contributed by atoms with van der Waals surface area (Å²) in [5, 5.41) is 0.884. The Morgan fingerprint density at radius 2 is 1.65 bits per heavy atom. The molecule has 0 N–H and O–H groups in total. The summed E-state index contributed by atoms with van der Waals surface area (Å²) in [5.74, 6) is 0.0128. The molecular weight excluding hydrogens is 342 g/mol. The number of anilines is 1. The topological polar surface area (TPSA) is 36.4 Å². The Kier molecular flexibility index (Phi) is 5.38. The van der Waals surface area contributed by atoms with E-state index in [1.165, 1.54) is 11.3 Å². The molecule has 0 aliphatic carbocycles. The Morgan fingerprint density at radius 1 is 1.00 bits per heavy atom. The highest BCUT2D eigenvalue weighted by Gasteiger charge is 2.19. The van der Waals surface area contributed by atoms with Crippen LogP contribution in [0.25, 0.3) is 10.6 Å². The molecule has 0 saturated carbocycles. The van der Waals surface area contributed by atoms with Crippen molar-refractivity contribution in [3.05, 3.63) is 70.7 Å². The summed E-state index contributed by atoms with van der Waals surface area (Å²) in [7, 11) is 5.87. The van der Waals surface area contributed by atoms with Crippen LogP contribution in [0.2, 0.25) is 0 Å². The number of rotatable bonds is 5. The highest BCUT2D eigenvalue weighted by atomic mass is 32.1. The van der Waals surface area contributed by atoms with E-state index in [-0.39, 0.29) is 5.91 Å². The van der Waals surface area contributed by atoms with Crippen LogP contribution < -0.4 is 4.90 Å². The first-order chi connectivity index (χ1) is 12.5. The zero-order chi connectivity index (χ0) is 18.7. The third-order valence-corrected chi connectivity index (χ3v) is 5.43. The summed E-state index contributed by atoms with van der Waals surface area (Å²) >= 11 is 1.46. The molecule has 1 heterocycles. The van der Waals surface area contributed by atoms with Gasteiger partial charge in [0.2, 0.25) is 0 Å². The number of aryl methyl sites for hydroxylation is 1. The van der Waals surface area contributed by atoms with E-state index in [0.717, 1.165) is 27.5 Å². The van der Waals surface area contributed by atoms with Crippen molar-refractivity contribution in [3.8, 4) is 10.6 Å². The van der Waals surface area contributed by atoms with Crippen LogP contribution in [-0.4, -0.2) is 36.9 Å². The quantitative estimate of drug-likeness (QED) is 0.670. The average Bonchev–Trinajstić information content (AvgIpc) is 3.04. The van der Waals surface area contributed by atoms with Gasteiger partial charge in [-0.3, -0.25) is 4.79 Å². The molecule has 5 heteroatoms. The molecule has 3 rings (SSSR count). The fraction of sp³-hybridized carbons (Fsp3) is 0.238. The van der Waals surface area contributed by atoms with Gasteiger partial charge in [0.1, 0.15) is 9.88 Å². The molecule has 0 atom stereocenters. The fourth-order valence-electron chi connectivity index (χ4n) is 2.72. The maximum Gasteiger partial charge on any atom is 0.265 e. The van der Waals surface area contributed by atoms with Gasteiger partial charge in [-0.2, -0.15) is 0 Å². The lowest BCUT2D eigenvalue weighted by Gasteiger charge is -2.18. The van der Waals surface area contributed by atoms with Gasteiger partial charge in [0.15, 0.2) is 0 Å². The van der Waals surface area contributed by atoms with Gasteiger partial charge in [0.25, 0.3) is 5.91 Å². The molecule has 1 aromatic heterocycles. The Balaban J connectivity index is 1.75. The molecule has 0 unspecified atom stereocenters. The van der Waals surface area contributed by atoms with E-state index in [1.807, 2.05) is 58.4 Å². The normalized spacial score (nSPS) is 10.6. The van der Waals surface area contributed by atoms with E-state index < -0.39 is 0 Å². The zero-order valence-corrected chi connectivity index (χ0v) is 16.4. The first-order valence-electron chi connectivity index (χ1n) is 8.50. The number of amides is 1. The van der Waals surface area contributed by atoms with Gasteiger partial charge >= 0.3 is 0 Å². The van der Waals surface area contributed by atoms with Crippen molar-refractivity contribution >= 4 is 22.9 Å². The maximum atomic E-state index is 12.9. The predicted octanol–water partition coefficient (Wildman–Crippen LogP) is 4.46. The Bertz CT molecular complexity index is 885. The molecule has 3 aromatic rings. The number of nitrogens with zero attached hydrogens (tertiary/aromatic N) is 3. The van der Waals surface area contributed by atoms with Gasteiger partial charge in [-0.05, 0) is 24.6 Å². The highest BCUT2D eigenvalue weighted by molar-refractivity contribution is 7.17. The molecule has 0 bridgehead atoms. The average molecular weight is 366 g/mol. The number of thiazole rings is 1. The fourth-order valence-corrected chi connectivity index (χ4v) is 3.78. The molecule has 0 saturated heterocycles. The summed E-state index contributed by atoms with van der Waals surface area (Å²) in [4.78, 5) is 22.0. The Labute approximate surface area is 158 Å². The summed E-state index contributed by atoms with van der Waals surface area (Å²) in [6.07, 6.45) is 0. The first kappa shape index (κ1) is 18.1. The lowest BCUT2D eigenvalue weighted by atomic mass is 10.2. The van der Waals surface area contributed by atoms with Gasteiger partial charge in [-0.15, -0.1) is 11.3 Å². The van der Waals surface area contributed by atoms with Crippen molar-refractivity contribution in [2.75, 3.05) is 26.0 Å². The molecule has 26 heavy (non-hydrogen) atoms. The minimum atomic E-state index is 0.0128. The first-order valence-corrected chi connectivity index (χ1v) is 9.32. The molecule has 2 aromatic carbocycles. The number of hydrogen-bond donors (Lipinski definition) is 0. The van der Waals surface area contributed by atoms with Gasteiger partial charge in [0, 0.05) is 38.9 Å². The van der Waals surface area contributed by atoms with Crippen molar-refractivity contribution in [1.29, 1.82) is 0 Å². The van der Waals surface area contributed by atoms with Gasteiger partial charge < -0.3 is 9.80 Å². The van der Waals surface area contributed by atoms with Crippen LogP contribution in [0.15, 0.2) is 54.6 Å². The van der Waals surface area contributed by atoms with E-state index in [2.05, 4.69) is 34.1 Å². The van der Waals surface area contributed by atoms with Gasteiger partial charge in [-0.25, -0.2) is 4.98 Å². The third-order valence-electron chi connectivity index (χ3n) is 4.23. The summed E-state index contributed by atoms with van der Waals surface area (Å²) in [5.41, 5.74) is 4.08. The molecular formula is C21H23N3OS. The van der Waals surface area contributed by atoms with Gasteiger partial charge in [0.05, 0.1) is 5.69 Å². The van der Waals surface area contributed by atoms with E-state index in [1.54, 1.807) is 4.90 Å². The maximum absolute atomic E-state index is 12.9. The smallest absolute Gasteiger partial charge is 0.265 e. The molecule has 0 aliphatic rings. The molecule has 0 aliphatic heterocycles. The second-order valence-electron chi connectivity index (χ2n) is 6.52. The van der Waals surface area contributed by atoms with Crippen molar-refractivity contribution in [1.82, 2.24) is 9.88 Å². The van der Waals surface area contributed by atoms with Crippen molar-refractivity contribution in [2.45, 2.75) is 13.5 Å². The van der Waals surface area contributed by atoms with E-state index >= 15 is 0 Å². The van der Waals surface area contributed by atoms with E-state index in [0.29, 0.717) is 11.4 Å².